The summed E-state index contributed by atoms with van der Waals surface area (Å²) >= 11 is 0. The van der Waals surface area contributed by atoms with Gasteiger partial charge >= 0.3 is 0 Å². The van der Waals surface area contributed by atoms with Crippen LogP contribution in [-0.2, 0) is 12.8 Å². The van der Waals surface area contributed by atoms with E-state index < -0.39 is 0 Å². The number of phenols is 1. The topological polar surface area (TPSA) is 20.2 Å². The van der Waals surface area contributed by atoms with Gasteiger partial charge in [0, 0.05) is 0 Å². The van der Waals surface area contributed by atoms with E-state index in [1.54, 1.807) is 0 Å². The molecule has 1 aromatic carbocycles. The van der Waals surface area contributed by atoms with E-state index in [4.69, 9.17) is 0 Å². The molecule has 0 aliphatic heterocycles. The van der Waals surface area contributed by atoms with Crippen LogP contribution in [0.15, 0.2) is 42.5 Å². The first-order valence-corrected chi connectivity index (χ1v) is 8.28. The Morgan fingerprint density at radius 3 is 2.71 bits per heavy atom. The maximum absolute atomic E-state index is 10.1. The van der Waals surface area contributed by atoms with Crippen molar-refractivity contribution in [3.63, 3.8) is 0 Å². The van der Waals surface area contributed by atoms with Gasteiger partial charge in [0.25, 0.3) is 0 Å². The third-order valence-corrected chi connectivity index (χ3v) is 4.39. The van der Waals surface area contributed by atoms with Crippen molar-refractivity contribution in [1.29, 1.82) is 0 Å². The SMILES string of the molecule is CCCCCCc1ccc(O)c(CC2(C)C=CC=CC2)c1. The lowest BCUT2D eigenvalue weighted by Crippen LogP contribution is -2.17. The van der Waals surface area contributed by atoms with Gasteiger partial charge in [-0.3, -0.25) is 0 Å². The number of phenolic OH excluding ortho intramolecular Hbond substituents is 1. The molecule has 1 nitrogen and oxygen atoms in total. The predicted octanol–water partition coefficient (Wildman–Crippen LogP) is 5.58. The molecule has 21 heavy (non-hydrogen) atoms. The molecule has 0 spiro atoms. The van der Waals surface area contributed by atoms with Crippen molar-refractivity contribution in [2.75, 3.05) is 0 Å². The normalized spacial score (nSPS) is 20.9. The molecule has 1 aromatic rings. The molecule has 0 amide bonds. The van der Waals surface area contributed by atoms with Crippen LogP contribution in [-0.4, -0.2) is 5.11 Å². The van der Waals surface area contributed by atoms with Gasteiger partial charge in [0.1, 0.15) is 5.75 Å². The maximum atomic E-state index is 10.1. The number of benzene rings is 1. The molecular weight excluding hydrogens is 256 g/mol. The molecule has 0 bridgehead atoms. The fourth-order valence-electron chi connectivity index (χ4n) is 3.03. The Bertz CT molecular complexity index is 513. The van der Waals surface area contributed by atoms with Crippen LogP contribution < -0.4 is 0 Å². The van der Waals surface area contributed by atoms with Gasteiger partial charge in [-0.1, -0.05) is 69.5 Å². The minimum atomic E-state index is 0.132. The van der Waals surface area contributed by atoms with Crippen molar-refractivity contribution in [1.82, 2.24) is 0 Å². The zero-order chi connectivity index (χ0) is 15.1. The number of hydrogen-bond acceptors (Lipinski definition) is 1. The lowest BCUT2D eigenvalue weighted by molar-refractivity contribution is 0.407. The largest absolute Gasteiger partial charge is 0.508 e. The zero-order valence-corrected chi connectivity index (χ0v) is 13.4. The summed E-state index contributed by atoms with van der Waals surface area (Å²) in [5, 5.41) is 10.1. The number of aryl methyl sites for hydroxylation is 1. The van der Waals surface area contributed by atoms with Crippen LogP contribution in [0.4, 0.5) is 0 Å². The van der Waals surface area contributed by atoms with Crippen LogP contribution in [0.3, 0.4) is 0 Å². The smallest absolute Gasteiger partial charge is 0.118 e. The van der Waals surface area contributed by atoms with E-state index in [2.05, 4.69) is 50.3 Å². The van der Waals surface area contributed by atoms with Crippen molar-refractivity contribution in [2.45, 2.75) is 58.8 Å². The molecule has 0 saturated heterocycles. The molecule has 1 aliphatic carbocycles. The van der Waals surface area contributed by atoms with Gasteiger partial charge in [-0.25, -0.2) is 0 Å². The summed E-state index contributed by atoms with van der Waals surface area (Å²) in [4.78, 5) is 0. The highest BCUT2D eigenvalue weighted by molar-refractivity contribution is 5.38. The summed E-state index contributed by atoms with van der Waals surface area (Å²) < 4.78 is 0. The van der Waals surface area contributed by atoms with Crippen molar-refractivity contribution < 1.29 is 5.11 Å². The van der Waals surface area contributed by atoms with Crippen LogP contribution in [0.25, 0.3) is 0 Å². The van der Waals surface area contributed by atoms with Gasteiger partial charge < -0.3 is 5.11 Å². The summed E-state index contributed by atoms with van der Waals surface area (Å²) in [6, 6.07) is 6.15. The minimum absolute atomic E-state index is 0.132. The highest BCUT2D eigenvalue weighted by Gasteiger charge is 2.22. The van der Waals surface area contributed by atoms with Crippen molar-refractivity contribution >= 4 is 0 Å². The van der Waals surface area contributed by atoms with Crippen LogP contribution in [0, 0.1) is 5.41 Å². The second-order valence-corrected chi connectivity index (χ2v) is 6.60. The standard InChI is InChI=1S/C20H28O/c1-3-4-5-7-10-17-11-12-19(21)18(15-17)16-20(2)13-8-6-9-14-20/h6,8-9,11-13,15,21H,3-5,7,10,14,16H2,1-2H3. The van der Waals surface area contributed by atoms with Crippen LogP contribution in [0.1, 0.15) is 57.1 Å². The van der Waals surface area contributed by atoms with Crippen LogP contribution in [0.5, 0.6) is 5.75 Å². The Hall–Kier alpha value is -1.50. The fourth-order valence-corrected chi connectivity index (χ4v) is 3.03. The molecular formula is C20H28O. The molecule has 2 rings (SSSR count). The second kappa shape index (κ2) is 7.49. The highest BCUT2D eigenvalue weighted by Crippen LogP contribution is 2.34. The lowest BCUT2D eigenvalue weighted by atomic mass is 9.78. The van der Waals surface area contributed by atoms with Crippen molar-refractivity contribution in [2.24, 2.45) is 5.41 Å². The molecule has 0 saturated carbocycles. The number of rotatable bonds is 7. The Labute approximate surface area is 129 Å². The summed E-state index contributed by atoms with van der Waals surface area (Å²) in [5.41, 5.74) is 2.58. The van der Waals surface area contributed by atoms with Gasteiger partial charge in [0.2, 0.25) is 0 Å². The molecule has 0 heterocycles. The maximum Gasteiger partial charge on any atom is 0.118 e. The number of unbranched alkanes of at least 4 members (excludes halogenated alkanes) is 3. The number of hydrogen-bond donors (Lipinski definition) is 1. The highest BCUT2D eigenvalue weighted by atomic mass is 16.3. The summed E-state index contributed by atoms with van der Waals surface area (Å²) in [7, 11) is 0. The van der Waals surface area contributed by atoms with Crippen LogP contribution in [0.2, 0.25) is 0 Å². The van der Waals surface area contributed by atoms with Gasteiger partial charge in [-0.15, -0.1) is 0 Å². The quantitative estimate of drug-likeness (QED) is 0.648. The zero-order valence-electron chi connectivity index (χ0n) is 13.4. The second-order valence-electron chi connectivity index (χ2n) is 6.60. The number of aromatic hydroxyl groups is 1. The molecule has 1 heteroatoms. The first-order valence-electron chi connectivity index (χ1n) is 8.28. The van der Waals surface area contributed by atoms with E-state index in [-0.39, 0.29) is 5.41 Å². The monoisotopic (exact) mass is 284 g/mol. The molecule has 1 aliphatic rings. The third-order valence-electron chi connectivity index (χ3n) is 4.39. The lowest BCUT2D eigenvalue weighted by Gasteiger charge is -2.27. The summed E-state index contributed by atoms with van der Waals surface area (Å²) in [6.45, 7) is 4.51. The average molecular weight is 284 g/mol. The molecule has 1 atom stereocenters. The molecule has 114 valence electrons. The Morgan fingerprint density at radius 2 is 2.00 bits per heavy atom. The van der Waals surface area contributed by atoms with E-state index in [9.17, 15) is 5.11 Å². The first kappa shape index (κ1) is 15.9. The Balaban J connectivity index is 2.01. The van der Waals surface area contributed by atoms with E-state index in [1.165, 1.54) is 31.2 Å². The van der Waals surface area contributed by atoms with E-state index in [0.717, 1.165) is 24.8 Å². The summed E-state index contributed by atoms with van der Waals surface area (Å²) in [5.74, 6) is 0.441. The fraction of sp³-hybridized carbons (Fsp3) is 0.500. The van der Waals surface area contributed by atoms with Crippen molar-refractivity contribution in [3.8, 4) is 5.75 Å². The predicted molar refractivity (Wildman–Crippen MR) is 90.7 cm³/mol. The average Bonchev–Trinajstić information content (AvgIpc) is 2.47. The third kappa shape index (κ3) is 4.77. The van der Waals surface area contributed by atoms with Gasteiger partial charge in [0.05, 0.1) is 0 Å². The van der Waals surface area contributed by atoms with Crippen LogP contribution >= 0.6 is 0 Å². The Kier molecular flexibility index (Phi) is 5.67. The van der Waals surface area contributed by atoms with E-state index >= 15 is 0 Å². The van der Waals surface area contributed by atoms with Gasteiger partial charge in [-0.05, 0) is 48.3 Å². The first-order chi connectivity index (χ1) is 10.1. The Morgan fingerprint density at radius 1 is 1.14 bits per heavy atom. The van der Waals surface area contributed by atoms with Gasteiger partial charge in [0.15, 0.2) is 0 Å². The minimum Gasteiger partial charge on any atom is -0.508 e. The molecule has 1 N–H and O–H groups in total. The molecule has 0 radical (unpaired) electrons. The number of allylic oxidation sites excluding steroid dienone is 4. The molecule has 1 unspecified atom stereocenters. The van der Waals surface area contributed by atoms with E-state index in [1.807, 2.05) is 6.07 Å². The molecule has 0 aromatic heterocycles. The van der Waals surface area contributed by atoms with E-state index in [0.29, 0.717) is 5.75 Å². The van der Waals surface area contributed by atoms with Crippen molar-refractivity contribution in [3.05, 3.63) is 53.6 Å². The van der Waals surface area contributed by atoms with Gasteiger partial charge in [-0.2, -0.15) is 0 Å². The summed E-state index contributed by atoms with van der Waals surface area (Å²) in [6.07, 6.45) is 16.9. The molecule has 0 fully saturated rings.